The minimum atomic E-state index is 0.128. The highest BCUT2D eigenvalue weighted by atomic mass is 16.5. The highest BCUT2D eigenvalue weighted by molar-refractivity contribution is 5.83. The van der Waals surface area contributed by atoms with Crippen molar-refractivity contribution in [2.75, 3.05) is 0 Å². The maximum atomic E-state index is 5.66. The lowest BCUT2D eigenvalue weighted by molar-refractivity contribution is 0.235. The number of nitrogens with zero attached hydrogens (tertiary/aromatic N) is 2. The Bertz CT molecular complexity index is 481. The van der Waals surface area contributed by atoms with E-state index in [2.05, 4.69) is 9.97 Å². The molecular formula is C14H20N2O. The van der Waals surface area contributed by atoms with Crippen LogP contribution < -0.4 is 4.74 Å². The molecule has 0 N–H and O–H groups in total. The molecule has 3 nitrogen and oxygen atoms in total. The number of fused-ring (bicyclic) bond motifs is 1. The fraction of sp³-hybridized carbons (Fsp3) is 0.429. The van der Waals surface area contributed by atoms with Gasteiger partial charge >= 0.3 is 0 Å². The average molecular weight is 232 g/mol. The Hall–Kier alpha value is -1.64. The van der Waals surface area contributed by atoms with Crippen LogP contribution in [0.25, 0.3) is 10.9 Å². The number of para-hydroxylation sites is 1. The molecule has 0 aliphatic carbocycles. The summed E-state index contributed by atoms with van der Waals surface area (Å²) >= 11 is 0. The second-order valence-corrected chi connectivity index (χ2v) is 3.76. The van der Waals surface area contributed by atoms with Crippen LogP contribution in [0.15, 0.2) is 24.3 Å². The molecule has 1 heterocycles. The van der Waals surface area contributed by atoms with Crippen LogP contribution in [0.5, 0.6) is 5.88 Å². The van der Waals surface area contributed by atoms with E-state index in [-0.39, 0.29) is 6.10 Å². The van der Waals surface area contributed by atoms with Gasteiger partial charge in [-0.3, -0.25) is 0 Å². The summed E-state index contributed by atoms with van der Waals surface area (Å²) in [7, 11) is 0. The van der Waals surface area contributed by atoms with Gasteiger partial charge in [-0.15, -0.1) is 0 Å². The molecule has 17 heavy (non-hydrogen) atoms. The molecule has 0 spiro atoms. The summed E-state index contributed by atoms with van der Waals surface area (Å²) < 4.78 is 5.66. The lowest BCUT2D eigenvalue weighted by atomic mass is 10.2. The van der Waals surface area contributed by atoms with Crippen molar-refractivity contribution in [3.8, 4) is 5.88 Å². The van der Waals surface area contributed by atoms with Gasteiger partial charge in [0, 0.05) is 0 Å². The number of ether oxygens (including phenoxy) is 1. The molecule has 0 amide bonds. The van der Waals surface area contributed by atoms with Gasteiger partial charge in [0.2, 0.25) is 5.88 Å². The Balaban J connectivity index is 0.000000686. The first-order chi connectivity index (χ1) is 8.16. The number of aromatic nitrogens is 2. The normalized spacial score (nSPS) is 10.0. The van der Waals surface area contributed by atoms with E-state index < -0.39 is 0 Å². The largest absolute Gasteiger partial charge is 0.474 e. The van der Waals surface area contributed by atoms with Crippen molar-refractivity contribution < 1.29 is 4.74 Å². The fourth-order valence-electron chi connectivity index (χ4n) is 1.47. The molecule has 0 aliphatic heterocycles. The smallest absolute Gasteiger partial charge is 0.224 e. The highest BCUT2D eigenvalue weighted by Crippen LogP contribution is 2.22. The molecule has 0 aliphatic rings. The Labute approximate surface area is 103 Å². The zero-order valence-corrected chi connectivity index (χ0v) is 11.2. The standard InChI is InChI=1S/C12H14N2O.C2H6/c1-8(2)15-12-10-6-4-5-7-11(10)13-9(3)14-12;1-2/h4-8H,1-3H3;1-2H3. The molecule has 1 aromatic carbocycles. The first-order valence-electron chi connectivity index (χ1n) is 6.07. The molecule has 0 fully saturated rings. The molecule has 2 aromatic rings. The van der Waals surface area contributed by atoms with Gasteiger partial charge in [0.25, 0.3) is 0 Å². The first-order valence-corrected chi connectivity index (χ1v) is 6.07. The zero-order valence-electron chi connectivity index (χ0n) is 11.2. The quantitative estimate of drug-likeness (QED) is 0.791. The van der Waals surface area contributed by atoms with Gasteiger partial charge in [-0.25, -0.2) is 4.98 Å². The highest BCUT2D eigenvalue weighted by Gasteiger charge is 2.07. The Morgan fingerprint density at radius 2 is 1.71 bits per heavy atom. The third kappa shape index (κ3) is 3.41. The van der Waals surface area contributed by atoms with E-state index in [1.807, 2.05) is 58.9 Å². The third-order valence-electron chi connectivity index (χ3n) is 2.03. The molecule has 0 bridgehead atoms. The zero-order chi connectivity index (χ0) is 12.8. The number of aryl methyl sites for hydroxylation is 1. The second kappa shape index (κ2) is 6.18. The summed E-state index contributed by atoms with van der Waals surface area (Å²) in [4.78, 5) is 8.66. The Kier molecular flexibility index (Phi) is 4.88. The third-order valence-corrected chi connectivity index (χ3v) is 2.03. The molecule has 3 heteroatoms. The summed E-state index contributed by atoms with van der Waals surface area (Å²) in [5, 5.41) is 0.969. The lowest BCUT2D eigenvalue weighted by Crippen LogP contribution is -2.08. The fourth-order valence-corrected chi connectivity index (χ4v) is 1.47. The van der Waals surface area contributed by atoms with E-state index in [4.69, 9.17) is 4.74 Å². The van der Waals surface area contributed by atoms with Crippen molar-refractivity contribution in [3.05, 3.63) is 30.1 Å². The molecule has 2 rings (SSSR count). The van der Waals surface area contributed by atoms with Crippen molar-refractivity contribution in [3.63, 3.8) is 0 Å². The number of benzene rings is 1. The molecule has 1 aromatic heterocycles. The van der Waals surface area contributed by atoms with Gasteiger partial charge in [0.1, 0.15) is 5.82 Å². The molecule has 0 atom stereocenters. The summed E-state index contributed by atoms with van der Waals surface area (Å²) in [6.07, 6.45) is 0.128. The Morgan fingerprint density at radius 1 is 1.06 bits per heavy atom. The summed E-state index contributed by atoms with van der Waals surface area (Å²) in [6, 6.07) is 7.88. The van der Waals surface area contributed by atoms with Gasteiger partial charge in [0.15, 0.2) is 0 Å². The first kappa shape index (κ1) is 13.4. The predicted molar refractivity (Wildman–Crippen MR) is 71.4 cm³/mol. The van der Waals surface area contributed by atoms with Crippen LogP contribution in [0.2, 0.25) is 0 Å². The lowest BCUT2D eigenvalue weighted by Gasteiger charge is -2.11. The molecular weight excluding hydrogens is 212 g/mol. The van der Waals surface area contributed by atoms with Crippen molar-refractivity contribution >= 4 is 10.9 Å². The minimum absolute atomic E-state index is 0.128. The summed E-state index contributed by atoms with van der Waals surface area (Å²) in [5.74, 6) is 1.41. The van der Waals surface area contributed by atoms with Crippen molar-refractivity contribution in [2.24, 2.45) is 0 Å². The molecule has 0 saturated heterocycles. The maximum absolute atomic E-state index is 5.66. The minimum Gasteiger partial charge on any atom is -0.474 e. The van der Waals surface area contributed by atoms with Crippen LogP contribution in [-0.2, 0) is 0 Å². The van der Waals surface area contributed by atoms with Crippen LogP contribution >= 0.6 is 0 Å². The van der Waals surface area contributed by atoms with Crippen molar-refractivity contribution in [2.45, 2.75) is 40.7 Å². The van der Waals surface area contributed by atoms with Gasteiger partial charge in [-0.2, -0.15) is 4.98 Å². The van der Waals surface area contributed by atoms with E-state index in [1.54, 1.807) is 0 Å². The summed E-state index contributed by atoms with van der Waals surface area (Å²) in [6.45, 7) is 9.86. The van der Waals surface area contributed by atoms with E-state index in [1.165, 1.54) is 0 Å². The average Bonchev–Trinajstić information content (AvgIpc) is 2.30. The monoisotopic (exact) mass is 232 g/mol. The van der Waals surface area contributed by atoms with Crippen LogP contribution in [0.4, 0.5) is 0 Å². The molecule has 0 radical (unpaired) electrons. The SMILES string of the molecule is CC.Cc1nc(OC(C)C)c2ccccc2n1. The summed E-state index contributed by atoms with van der Waals surface area (Å²) in [5.41, 5.74) is 0.931. The van der Waals surface area contributed by atoms with Gasteiger partial charge in [0.05, 0.1) is 17.0 Å². The number of rotatable bonds is 2. The Morgan fingerprint density at radius 3 is 2.35 bits per heavy atom. The van der Waals surface area contributed by atoms with E-state index >= 15 is 0 Å². The van der Waals surface area contributed by atoms with Crippen molar-refractivity contribution in [1.29, 1.82) is 0 Å². The van der Waals surface area contributed by atoms with Crippen LogP contribution in [0, 0.1) is 6.92 Å². The van der Waals surface area contributed by atoms with E-state index in [0.29, 0.717) is 5.88 Å². The van der Waals surface area contributed by atoms with Gasteiger partial charge in [-0.1, -0.05) is 26.0 Å². The van der Waals surface area contributed by atoms with E-state index in [9.17, 15) is 0 Å². The second-order valence-electron chi connectivity index (χ2n) is 3.76. The number of hydrogen-bond donors (Lipinski definition) is 0. The predicted octanol–water partition coefficient (Wildman–Crippen LogP) is 3.75. The van der Waals surface area contributed by atoms with Crippen LogP contribution in [-0.4, -0.2) is 16.1 Å². The van der Waals surface area contributed by atoms with Crippen molar-refractivity contribution in [1.82, 2.24) is 9.97 Å². The topological polar surface area (TPSA) is 35.0 Å². The molecule has 0 unspecified atom stereocenters. The van der Waals surface area contributed by atoms with Gasteiger partial charge in [-0.05, 0) is 32.9 Å². The molecule has 0 saturated carbocycles. The number of hydrogen-bond acceptors (Lipinski definition) is 3. The van der Waals surface area contributed by atoms with Gasteiger partial charge < -0.3 is 4.74 Å². The van der Waals surface area contributed by atoms with E-state index in [0.717, 1.165) is 16.7 Å². The molecule has 92 valence electrons. The van der Waals surface area contributed by atoms with Crippen LogP contribution in [0.3, 0.4) is 0 Å². The maximum Gasteiger partial charge on any atom is 0.224 e. The van der Waals surface area contributed by atoms with Crippen LogP contribution in [0.1, 0.15) is 33.5 Å².